The van der Waals surface area contributed by atoms with Crippen LogP contribution in [0.4, 0.5) is 13.2 Å². The molecule has 0 spiro atoms. The van der Waals surface area contributed by atoms with E-state index in [1.165, 1.54) is 39.4 Å². The topological polar surface area (TPSA) is 48.4 Å². The van der Waals surface area contributed by atoms with E-state index in [0.29, 0.717) is 5.56 Å². The van der Waals surface area contributed by atoms with Crippen LogP contribution in [-0.4, -0.2) is 36.1 Å². The Morgan fingerprint density at radius 1 is 1.27 bits per heavy atom. The largest absolute Gasteiger partial charge is 1.00 e. The second-order valence-electron chi connectivity index (χ2n) is 5.70. The van der Waals surface area contributed by atoms with Crippen LogP contribution in [0.3, 0.4) is 0 Å². The monoisotopic (exact) mass is 312 g/mol. The molecule has 0 aliphatic rings. The van der Waals surface area contributed by atoms with Crippen molar-refractivity contribution in [2.75, 3.05) is 14.2 Å². The van der Waals surface area contributed by atoms with E-state index in [1.54, 1.807) is 0 Å². The van der Waals surface area contributed by atoms with Crippen molar-refractivity contribution in [2.24, 2.45) is 0 Å². The van der Waals surface area contributed by atoms with E-state index in [1.807, 2.05) is 0 Å². The molecule has 1 aromatic heterocycles. The number of hydrogen-bond acceptors (Lipinski definition) is 4. The minimum atomic E-state index is -4.41. The molecule has 0 N–H and O–H groups in total. The van der Waals surface area contributed by atoms with Crippen LogP contribution in [0.25, 0.3) is 0 Å². The molecular weight excluding hydrogens is 292 g/mol. The van der Waals surface area contributed by atoms with E-state index in [2.05, 4.69) is 4.98 Å². The first-order valence-corrected chi connectivity index (χ1v) is 6.42. The van der Waals surface area contributed by atoms with Gasteiger partial charge in [0.2, 0.25) is 0 Å². The van der Waals surface area contributed by atoms with Gasteiger partial charge >= 0.3 is 25.0 Å². The SMILES string of the molecule is CON(C)C(C)([O-])Cc1ccnc(C(C)(C)C(F)(F)F)c1.[Li+]. The van der Waals surface area contributed by atoms with Crippen molar-refractivity contribution in [2.45, 2.75) is 44.5 Å². The molecule has 8 heteroatoms. The third kappa shape index (κ3) is 4.70. The number of alkyl halides is 3. The Morgan fingerprint density at radius 2 is 1.82 bits per heavy atom. The van der Waals surface area contributed by atoms with Crippen LogP contribution in [0.1, 0.15) is 32.0 Å². The Morgan fingerprint density at radius 3 is 2.27 bits per heavy atom. The number of rotatable bonds is 5. The summed E-state index contributed by atoms with van der Waals surface area (Å²) in [6.07, 6.45) is -3.12. The maximum Gasteiger partial charge on any atom is 1.00 e. The molecule has 0 amide bonds. The van der Waals surface area contributed by atoms with Crippen molar-refractivity contribution in [1.29, 1.82) is 0 Å². The number of likely N-dealkylation sites (N-methyl/N-ethyl adjacent to an activating group) is 1. The zero-order chi connectivity index (χ0) is 16.5. The standard InChI is InChI=1S/C14H20F3N2O2.Li/c1-12(2,14(15,16)17)11-8-10(6-7-18-11)9-13(3,20)19(4)21-5;/h6-8H,9H2,1-5H3;/q-1;+1. The summed E-state index contributed by atoms with van der Waals surface area (Å²) in [5.74, 6) is 0. The zero-order valence-corrected chi connectivity index (χ0v) is 13.8. The average molecular weight is 312 g/mol. The Kier molecular flexibility index (Phi) is 7.13. The summed E-state index contributed by atoms with van der Waals surface area (Å²) in [5.41, 5.74) is -3.28. The van der Waals surface area contributed by atoms with Crippen LogP contribution in [-0.2, 0) is 16.7 Å². The van der Waals surface area contributed by atoms with Gasteiger partial charge in [-0.05, 0) is 43.7 Å². The maximum absolute atomic E-state index is 13.0. The summed E-state index contributed by atoms with van der Waals surface area (Å²) in [6, 6.07) is 2.86. The van der Waals surface area contributed by atoms with Crippen molar-refractivity contribution < 1.29 is 42.0 Å². The Labute approximate surface area is 140 Å². The first-order valence-electron chi connectivity index (χ1n) is 6.42. The molecule has 1 aromatic rings. The normalized spacial score (nSPS) is 15.4. The third-order valence-corrected chi connectivity index (χ3v) is 3.65. The molecule has 22 heavy (non-hydrogen) atoms. The second-order valence-corrected chi connectivity index (χ2v) is 5.70. The van der Waals surface area contributed by atoms with Crippen molar-refractivity contribution in [3.8, 4) is 0 Å². The predicted molar refractivity (Wildman–Crippen MR) is 70.2 cm³/mol. The van der Waals surface area contributed by atoms with Gasteiger partial charge in [-0.1, -0.05) is 6.92 Å². The van der Waals surface area contributed by atoms with Crippen LogP contribution in [0.2, 0.25) is 0 Å². The molecule has 120 valence electrons. The van der Waals surface area contributed by atoms with Crippen molar-refractivity contribution in [3.63, 3.8) is 0 Å². The molecule has 1 rings (SSSR count). The summed E-state index contributed by atoms with van der Waals surface area (Å²) < 4.78 is 39.1. The molecule has 0 aliphatic heterocycles. The van der Waals surface area contributed by atoms with E-state index in [-0.39, 0.29) is 31.0 Å². The Hall–Kier alpha value is -0.583. The molecule has 4 nitrogen and oxygen atoms in total. The number of nitrogens with zero attached hydrogens (tertiary/aromatic N) is 2. The minimum Gasteiger partial charge on any atom is -0.836 e. The second kappa shape index (κ2) is 7.33. The molecule has 0 saturated heterocycles. The van der Waals surface area contributed by atoms with Gasteiger partial charge in [0.15, 0.2) is 0 Å². The number of aromatic nitrogens is 1. The molecular formula is C14H20F3LiN2O2. The summed E-state index contributed by atoms with van der Waals surface area (Å²) in [6.45, 7) is 3.54. The van der Waals surface area contributed by atoms with Gasteiger partial charge in [-0.3, -0.25) is 4.98 Å². The fraction of sp³-hybridized carbons (Fsp3) is 0.643. The van der Waals surface area contributed by atoms with Crippen LogP contribution in [0.5, 0.6) is 0 Å². The van der Waals surface area contributed by atoms with E-state index in [9.17, 15) is 18.3 Å². The fourth-order valence-electron chi connectivity index (χ4n) is 1.75. The molecule has 0 saturated carbocycles. The van der Waals surface area contributed by atoms with Crippen molar-refractivity contribution in [1.82, 2.24) is 10.0 Å². The molecule has 1 atom stereocenters. The molecule has 1 unspecified atom stereocenters. The van der Waals surface area contributed by atoms with Gasteiger partial charge in [0.1, 0.15) is 5.41 Å². The minimum absolute atomic E-state index is 0. The summed E-state index contributed by atoms with van der Waals surface area (Å²) in [5, 5.41) is 13.4. The smallest absolute Gasteiger partial charge is 0.836 e. The summed E-state index contributed by atoms with van der Waals surface area (Å²) in [7, 11) is 2.84. The van der Waals surface area contributed by atoms with Crippen LogP contribution in [0, 0.1) is 0 Å². The molecule has 0 bridgehead atoms. The van der Waals surface area contributed by atoms with Gasteiger partial charge in [-0.15, -0.1) is 0 Å². The van der Waals surface area contributed by atoms with E-state index in [0.717, 1.165) is 18.9 Å². The molecule has 0 aliphatic carbocycles. The van der Waals surface area contributed by atoms with Gasteiger partial charge in [-0.25, -0.2) is 5.06 Å². The van der Waals surface area contributed by atoms with E-state index < -0.39 is 17.3 Å². The van der Waals surface area contributed by atoms with E-state index in [4.69, 9.17) is 4.84 Å². The van der Waals surface area contributed by atoms with Crippen molar-refractivity contribution in [3.05, 3.63) is 29.6 Å². The quantitative estimate of drug-likeness (QED) is 0.399. The number of pyridine rings is 1. The first kappa shape index (κ1) is 21.4. The van der Waals surface area contributed by atoms with Crippen LogP contribution >= 0.6 is 0 Å². The molecule has 0 aromatic carbocycles. The number of hydrogen-bond donors (Lipinski definition) is 0. The van der Waals surface area contributed by atoms with Gasteiger partial charge in [0.25, 0.3) is 0 Å². The Bertz CT molecular complexity index is 493. The van der Waals surface area contributed by atoms with Gasteiger partial charge < -0.3 is 9.94 Å². The number of hydroxylamine groups is 2. The van der Waals surface area contributed by atoms with Gasteiger partial charge in [0, 0.05) is 13.2 Å². The Balaban J connectivity index is 0.00000441. The fourth-order valence-corrected chi connectivity index (χ4v) is 1.75. The van der Waals surface area contributed by atoms with Crippen molar-refractivity contribution >= 4 is 0 Å². The average Bonchev–Trinajstić information content (AvgIpc) is 2.36. The van der Waals surface area contributed by atoms with Gasteiger partial charge in [0.05, 0.1) is 12.8 Å². The summed E-state index contributed by atoms with van der Waals surface area (Å²) in [4.78, 5) is 8.67. The first-order chi connectivity index (χ1) is 9.41. The van der Waals surface area contributed by atoms with Crippen LogP contribution < -0.4 is 24.0 Å². The third-order valence-electron chi connectivity index (χ3n) is 3.65. The molecule has 0 radical (unpaired) electrons. The van der Waals surface area contributed by atoms with Gasteiger partial charge in [-0.2, -0.15) is 13.2 Å². The maximum atomic E-state index is 13.0. The summed E-state index contributed by atoms with van der Waals surface area (Å²) >= 11 is 0. The number of halogens is 3. The predicted octanol–water partition coefficient (Wildman–Crippen LogP) is -0.962. The molecule has 1 heterocycles. The molecule has 0 fully saturated rings. The van der Waals surface area contributed by atoms with E-state index >= 15 is 0 Å². The van der Waals surface area contributed by atoms with Crippen LogP contribution in [0.15, 0.2) is 18.3 Å². The zero-order valence-electron chi connectivity index (χ0n) is 13.8.